The number of amides is 3. The van der Waals surface area contributed by atoms with Gasteiger partial charge in [0.05, 0.1) is 6.54 Å². The largest absolute Gasteiger partial charge is 0.368 e. The van der Waals surface area contributed by atoms with Crippen LogP contribution in [0.25, 0.3) is 0 Å². The van der Waals surface area contributed by atoms with Crippen LogP contribution in [-0.4, -0.2) is 56.1 Å². The molecule has 1 aromatic rings. The quantitative estimate of drug-likeness (QED) is 0.761. The van der Waals surface area contributed by atoms with Crippen molar-refractivity contribution in [2.24, 2.45) is 17.8 Å². The molecule has 2 fully saturated rings. The van der Waals surface area contributed by atoms with Crippen LogP contribution in [0.1, 0.15) is 12.8 Å². The van der Waals surface area contributed by atoms with E-state index in [1.165, 1.54) is 18.6 Å². The molecule has 1 aromatic carbocycles. The van der Waals surface area contributed by atoms with E-state index in [9.17, 15) is 14.0 Å². The number of urea groups is 1. The number of anilines is 1. The molecule has 2 aliphatic carbocycles. The van der Waals surface area contributed by atoms with Gasteiger partial charge in [0.2, 0.25) is 5.91 Å². The molecule has 1 aliphatic heterocycles. The number of halogens is 1. The first-order valence-electron chi connectivity index (χ1n) is 10.1. The predicted molar refractivity (Wildman–Crippen MR) is 105 cm³/mol. The Hall–Kier alpha value is -2.57. The summed E-state index contributed by atoms with van der Waals surface area (Å²) in [5.74, 6) is 1.45. The minimum atomic E-state index is -0.253. The average Bonchev–Trinajstić information content (AvgIpc) is 3.34. The van der Waals surface area contributed by atoms with Crippen LogP contribution in [0.3, 0.4) is 0 Å². The molecule has 150 valence electrons. The predicted octanol–water partition coefficient (Wildman–Crippen LogP) is 1.99. The summed E-state index contributed by atoms with van der Waals surface area (Å²) in [6.07, 6.45) is 6.95. The van der Waals surface area contributed by atoms with Gasteiger partial charge in [0.25, 0.3) is 0 Å². The summed E-state index contributed by atoms with van der Waals surface area (Å²) in [7, 11) is 0. The Morgan fingerprint density at radius 3 is 2.39 bits per heavy atom. The van der Waals surface area contributed by atoms with Crippen molar-refractivity contribution in [3.8, 4) is 0 Å². The van der Waals surface area contributed by atoms with Crippen molar-refractivity contribution in [2.75, 3.05) is 44.2 Å². The summed E-state index contributed by atoms with van der Waals surface area (Å²) in [6, 6.07) is 6.18. The lowest BCUT2D eigenvalue weighted by Gasteiger charge is -2.36. The third-order valence-electron chi connectivity index (χ3n) is 6.14. The second-order valence-corrected chi connectivity index (χ2v) is 7.95. The van der Waals surface area contributed by atoms with E-state index in [0.717, 1.165) is 12.1 Å². The highest BCUT2D eigenvalue weighted by atomic mass is 19.1. The maximum absolute atomic E-state index is 13.0. The van der Waals surface area contributed by atoms with Crippen LogP contribution >= 0.6 is 0 Å². The van der Waals surface area contributed by atoms with Gasteiger partial charge >= 0.3 is 6.03 Å². The van der Waals surface area contributed by atoms with Gasteiger partial charge in [0, 0.05) is 38.4 Å². The van der Waals surface area contributed by atoms with Crippen LogP contribution in [0.4, 0.5) is 14.9 Å². The van der Waals surface area contributed by atoms with Crippen molar-refractivity contribution in [1.82, 2.24) is 15.5 Å². The lowest BCUT2D eigenvalue weighted by atomic mass is 9.94. The van der Waals surface area contributed by atoms with Gasteiger partial charge in [-0.1, -0.05) is 12.2 Å². The number of rotatable bonds is 5. The zero-order valence-electron chi connectivity index (χ0n) is 15.9. The maximum atomic E-state index is 13.0. The second kappa shape index (κ2) is 8.20. The van der Waals surface area contributed by atoms with Gasteiger partial charge in [-0.25, -0.2) is 9.18 Å². The molecule has 3 aliphatic rings. The molecule has 0 unspecified atom stereocenters. The van der Waals surface area contributed by atoms with E-state index in [-0.39, 0.29) is 24.3 Å². The molecule has 6 nitrogen and oxygen atoms in total. The number of hydrogen-bond acceptors (Lipinski definition) is 3. The minimum Gasteiger partial charge on any atom is -0.368 e. The van der Waals surface area contributed by atoms with E-state index in [2.05, 4.69) is 27.7 Å². The number of piperazine rings is 1. The molecule has 0 aromatic heterocycles. The van der Waals surface area contributed by atoms with E-state index in [0.29, 0.717) is 50.5 Å². The van der Waals surface area contributed by atoms with Crippen molar-refractivity contribution in [3.63, 3.8) is 0 Å². The molecule has 28 heavy (non-hydrogen) atoms. The standard InChI is InChI=1S/C21H27FN4O2/c22-18-3-5-19(6-4-18)25-7-9-26(10-8-25)21(28)24-14-20(27)23-13-17-12-15-1-2-16(17)11-15/h1-6,15-17H,7-14H2,(H,23,27)(H,24,28)/t15-,16+,17-/m1/s1. The van der Waals surface area contributed by atoms with Gasteiger partial charge < -0.3 is 20.4 Å². The molecule has 0 spiro atoms. The number of fused-ring (bicyclic) bond motifs is 2. The van der Waals surface area contributed by atoms with Gasteiger partial charge in [-0.15, -0.1) is 0 Å². The van der Waals surface area contributed by atoms with Crippen LogP contribution in [0, 0.1) is 23.6 Å². The second-order valence-electron chi connectivity index (χ2n) is 7.95. The Bertz CT molecular complexity index is 743. The summed E-state index contributed by atoms with van der Waals surface area (Å²) < 4.78 is 13.0. The van der Waals surface area contributed by atoms with Crippen molar-refractivity contribution in [1.29, 1.82) is 0 Å². The molecule has 1 heterocycles. The number of nitrogens with one attached hydrogen (secondary N) is 2. The number of carbonyl (C=O) groups excluding carboxylic acids is 2. The Kier molecular flexibility index (Phi) is 5.50. The highest BCUT2D eigenvalue weighted by molar-refractivity contribution is 5.84. The molecule has 1 saturated carbocycles. The zero-order chi connectivity index (χ0) is 19.5. The Morgan fingerprint density at radius 2 is 1.75 bits per heavy atom. The Morgan fingerprint density at radius 1 is 1.00 bits per heavy atom. The first-order valence-corrected chi connectivity index (χ1v) is 10.1. The smallest absolute Gasteiger partial charge is 0.317 e. The average molecular weight is 386 g/mol. The molecule has 7 heteroatoms. The lowest BCUT2D eigenvalue weighted by molar-refractivity contribution is -0.120. The van der Waals surface area contributed by atoms with Gasteiger partial charge in [-0.2, -0.15) is 0 Å². The summed E-state index contributed by atoms with van der Waals surface area (Å²) in [6.45, 7) is 3.21. The van der Waals surface area contributed by atoms with E-state index in [1.54, 1.807) is 17.0 Å². The molecule has 0 radical (unpaired) electrons. The SMILES string of the molecule is O=C(CNC(=O)N1CCN(c2ccc(F)cc2)CC1)NC[C@H]1C[C@@H]2C=C[C@H]1C2. The third kappa shape index (κ3) is 4.29. The zero-order valence-corrected chi connectivity index (χ0v) is 15.9. The number of nitrogens with zero attached hydrogens (tertiary/aromatic N) is 2. The van der Waals surface area contributed by atoms with E-state index in [1.807, 2.05) is 0 Å². The Labute approximate surface area is 164 Å². The summed E-state index contributed by atoms with van der Waals surface area (Å²) in [5.41, 5.74) is 0.955. The summed E-state index contributed by atoms with van der Waals surface area (Å²) in [4.78, 5) is 28.2. The number of benzene rings is 1. The minimum absolute atomic E-state index is 0.00760. The fraction of sp³-hybridized carbons (Fsp3) is 0.524. The van der Waals surface area contributed by atoms with Crippen molar-refractivity contribution in [2.45, 2.75) is 12.8 Å². The molecule has 2 N–H and O–H groups in total. The van der Waals surface area contributed by atoms with Gasteiger partial charge in [0.1, 0.15) is 5.82 Å². The van der Waals surface area contributed by atoms with Crippen molar-refractivity contribution < 1.29 is 14.0 Å². The van der Waals surface area contributed by atoms with E-state index < -0.39 is 0 Å². The van der Waals surface area contributed by atoms with Crippen LogP contribution in [0.2, 0.25) is 0 Å². The van der Waals surface area contributed by atoms with Gasteiger partial charge in [0.15, 0.2) is 0 Å². The Balaban J connectivity index is 1.15. The summed E-state index contributed by atoms with van der Waals surface area (Å²) in [5, 5.41) is 5.67. The van der Waals surface area contributed by atoms with Gasteiger partial charge in [-0.3, -0.25) is 4.79 Å². The fourth-order valence-corrected chi connectivity index (χ4v) is 4.52. The van der Waals surface area contributed by atoms with Crippen LogP contribution in [-0.2, 0) is 4.79 Å². The topological polar surface area (TPSA) is 64.7 Å². The normalized spacial score (nSPS) is 25.8. The highest BCUT2D eigenvalue weighted by Crippen LogP contribution is 2.42. The van der Waals surface area contributed by atoms with Gasteiger partial charge in [-0.05, 0) is 54.9 Å². The molecular formula is C21H27FN4O2. The first kappa shape index (κ1) is 18.8. The molecule has 4 rings (SSSR count). The first-order chi connectivity index (χ1) is 13.6. The summed E-state index contributed by atoms with van der Waals surface area (Å²) >= 11 is 0. The van der Waals surface area contributed by atoms with E-state index >= 15 is 0 Å². The van der Waals surface area contributed by atoms with Crippen molar-refractivity contribution in [3.05, 3.63) is 42.2 Å². The third-order valence-corrected chi connectivity index (χ3v) is 6.14. The maximum Gasteiger partial charge on any atom is 0.317 e. The molecule has 2 bridgehead atoms. The molecule has 3 atom stereocenters. The van der Waals surface area contributed by atoms with Crippen LogP contribution < -0.4 is 15.5 Å². The number of carbonyl (C=O) groups is 2. The molecular weight excluding hydrogens is 359 g/mol. The molecule has 3 amide bonds. The number of allylic oxidation sites excluding steroid dienone is 2. The van der Waals surface area contributed by atoms with E-state index in [4.69, 9.17) is 0 Å². The van der Waals surface area contributed by atoms with Crippen LogP contribution in [0.5, 0.6) is 0 Å². The van der Waals surface area contributed by atoms with Crippen LogP contribution in [0.15, 0.2) is 36.4 Å². The monoisotopic (exact) mass is 386 g/mol. The highest BCUT2D eigenvalue weighted by Gasteiger charge is 2.35. The fourth-order valence-electron chi connectivity index (χ4n) is 4.52. The number of hydrogen-bond donors (Lipinski definition) is 2. The van der Waals surface area contributed by atoms with Crippen molar-refractivity contribution >= 4 is 17.6 Å². The molecule has 1 saturated heterocycles. The lowest BCUT2D eigenvalue weighted by Crippen LogP contribution is -2.53.